The van der Waals surface area contributed by atoms with Gasteiger partial charge in [-0.15, -0.1) is 0 Å². The second-order valence-corrected chi connectivity index (χ2v) is 15.6. The summed E-state index contributed by atoms with van der Waals surface area (Å²) in [6.45, 7) is 5.22. The molecule has 0 spiro atoms. The number of carbonyl (C=O) groups is 7. The average Bonchev–Trinajstić information content (AvgIpc) is 3.22. The maximum Gasteiger partial charge on any atom is 0.326 e. The number of hydrogen-bond acceptors (Lipinski definition) is 9. The summed E-state index contributed by atoms with van der Waals surface area (Å²) in [5.74, 6) is -4.90. The van der Waals surface area contributed by atoms with Crippen molar-refractivity contribution in [3.8, 4) is 5.75 Å². The molecule has 0 saturated carbocycles. The second-order valence-electron chi connectivity index (χ2n) is 15.6. The van der Waals surface area contributed by atoms with Crippen LogP contribution in [-0.4, -0.2) is 131 Å². The number of likely N-dealkylation sites (N-methyl/N-ethyl adjacent to an activating group) is 2. The number of hydrogen-bond donors (Lipinski definition) is 9. The Balaban J connectivity index is 1.99. The van der Waals surface area contributed by atoms with E-state index in [0.29, 0.717) is 19.3 Å². The number of urea groups is 1. The normalized spacial score (nSPS) is 21.8. The fraction of sp³-hybridized carbons (Fsp3) is 0.524. The summed E-state index contributed by atoms with van der Waals surface area (Å²) < 4.78 is 0. The number of carbonyl (C=O) groups excluding carboxylic acids is 6. The van der Waals surface area contributed by atoms with E-state index in [-0.39, 0.29) is 56.9 Å². The van der Waals surface area contributed by atoms with Crippen molar-refractivity contribution in [3.63, 3.8) is 0 Å². The van der Waals surface area contributed by atoms with E-state index in [2.05, 4.69) is 31.6 Å². The Kier molecular flexibility index (Phi) is 19.3. The molecule has 1 aliphatic heterocycles. The highest BCUT2D eigenvalue weighted by molar-refractivity contribution is 5.96. The van der Waals surface area contributed by atoms with Crippen molar-refractivity contribution >= 4 is 47.5 Å². The molecule has 61 heavy (non-hydrogen) atoms. The summed E-state index contributed by atoms with van der Waals surface area (Å²) in [5.41, 5.74) is 12.2. The number of carboxylic acids is 1. The molecule has 7 amide bonds. The van der Waals surface area contributed by atoms with Crippen LogP contribution in [0, 0.1) is 5.92 Å². The van der Waals surface area contributed by atoms with Crippen LogP contribution in [0.2, 0.25) is 0 Å². The van der Waals surface area contributed by atoms with Crippen molar-refractivity contribution in [2.75, 3.05) is 27.2 Å². The van der Waals surface area contributed by atoms with Crippen LogP contribution in [0.4, 0.5) is 4.79 Å². The number of aliphatic carboxylic acids is 1. The van der Waals surface area contributed by atoms with E-state index in [1.165, 1.54) is 43.0 Å². The third-order valence-electron chi connectivity index (χ3n) is 10.6. The number of phenolic OH excluding ortho intramolecular Hbond substituents is 1. The van der Waals surface area contributed by atoms with Gasteiger partial charge in [-0.1, -0.05) is 56.3 Å². The molecule has 0 aliphatic carbocycles. The molecule has 2 aromatic rings. The monoisotopic (exact) mass is 850 g/mol. The number of amides is 7. The number of benzene rings is 2. The van der Waals surface area contributed by atoms with E-state index in [0.717, 1.165) is 11.1 Å². The predicted molar refractivity (Wildman–Crippen MR) is 228 cm³/mol. The number of phenols is 1. The van der Waals surface area contributed by atoms with Crippen molar-refractivity contribution in [2.24, 2.45) is 22.4 Å². The van der Waals surface area contributed by atoms with Gasteiger partial charge in [0.1, 0.15) is 42.0 Å². The van der Waals surface area contributed by atoms with Gasteiger partial charge >= 0.3 is 12.0 Å². The second kappa shape index (κ2) is 24.0. The summed E-state index contributed by atoms with van der Waals surface area (Å²) in [4.78, 5) is 102. The summed E-state index contributed by atoms with van der Waals surface area (Å²) in [6.07, 6.45) is 1.45. The van der Waals surface area contributed by atoms with Crippen LogP contribution in [0.1, 0.15) is 70.4 Å². The van der Waals surface area contributed by atoms with Gasteiger partial charge in [0.05, 0.1) is 0 Å². The smallest absolute Gasteiger partial charge is 0.326 e. The first-order valence-electron chi connectivity index (χ1n) is 20.5. The van der Waals surface area contributed by atoms with E-state index in [4.69, 9.17) is 11.5 Å². The van der Waals surface area contributed by atoms with Gasteiger partial charge in [-0.05, 0) is 81.0 Å². The number of aryl methyl sites for hydroxylation is 1. The minimum Gasteiger partial charge on any atom is -0.508 e. The zero-order chi connectivity index (χ0) is 45.2. The fourth-order valence-corrected chi connectivity index (χ4v) is 6.74. The number of rotatable bonds is 13. The average molecular weight is 851 g/mol. The molecular weight excluding hydrogens is 789 g/mol. The Morgan fingerprint density at radius 1 is 0.885 bits per heavy atom. The molecule has 11 N–H and O–H groups in total. The summed E-state index contributed by atoms with van der Waals surface area (Å²) in [7, 11) is 2.88. The molecule has 0 radical (unpaired) electrons. The summed E-state index contributed by atoms with van der Waals surface area (Å²) in [5, 5.41) is 32.9. The Bertz CT molecular complexity index is 1840. The molecular formula is C42H62N10O9. The standard InChI is InChI=1S/C42H62N10O9/c1-25(2)34-39(58)52(5)33(21-18-27-16-19-29(53)20-17-27)38(57)51(4)26(3)35(54)47-32(24-28-12-7-6-8-13-28)36(55)45-22-10-9-14-30(37(56)50-34)48-42(61)49-31(40(59)60)15-11-23-46-41(43)44/h6-8,12-13,16-17,19-20,25-26,30-34,53H,9-11,14-15,18,21-24H2,1-5H3,(H,45,55)(H,47,54)(H,50,56)(H,59,60)(H4,43,44,46)(H2,48,49,61)/t26-,30+,31-,32-,33-,34-/m0/s1. The summed E-state index contributed by atoms with van der Waals surface area (Å²) in [6, 6.07) is 7.55. The maximum absolute atomic E-state index is 14.4. The lowest BCUT2D eigenvalue weighted by atomic mass is 9.98. The van der Waals surface area contributed by atoms with Crippen molar-refractivity contribution in [1.82, 2.24) is 36.4 Å². The fourth-order valence-electron chi connectivity index (χ4n) is 6.74. The van der Waals surface area contributed by atoms with E-state index in [1.807, 2.05) is 30.3 Å². The molecule has 19 heteroatoms. The first-order chi connectivity index (χ1) is 28.9. The van der Waals surface area contributed by atoms with Gasteiger partial charge in [-0.2, -0.15) is 0 Å². The molecule has 334 valence electrons. The minimum atomic E-state index is -1.34. The Morgan fingerprint density at radius 2 is 1.56 bits per heavy atom. The van der Waals surface area contributed by atoms with Crippen LogP contribution >= 0.6 is 0 Å². The minimum absolute atomic E-state index is 0.0152. The van der Waals surface area contributed by atoms with Crippen molar-refractivity contribution < 1.29 is 43.8 Å². The molecule has 3 rings (SSSR count). The van der Waals surface area contributed by atoms with Crippen molar-refractivity contribution in [2.45, 2.75) is 108 Å². The number of nitrogens with zero attached hydrogens (tertiary/aromatic N) is 3. The molecule has 0 bridgehead atoms. The number of aliphatic imine (C=N–C) groups is 1. The van der Waals surface area contributed by atoms with Crippen LogP contribution in [0.15, 0.2) is 59.6 Å². The molecule has 1 saturated heterocycles. The van der Waals surface area contributed by atoms with E-state index >= 15 is 0 Å². The van der Waals surface area contributed by atoms with Gasteiger partial charge in [0.2, 0.25) is 29.5 Å². The molecule has 0 unspecified atom stereocenters. The third-order valence-corrected chi connectivity index (χ3v) is 10.6. The Morgan fingerprint density at radius 3 is 2.18 bits per heavy atom. The lowest BCUT2D eigenvalue weighted by Gasteiger charge is -2.36. The number of guanidine groups is 1. The topological polar surface area (TPSA) is 291 Å². The van der Waals surface area contributed by atoms with Gasteiger partial charge in [-0.3, -0.25) is 29.0 Å². The summed E-state index contributed by atoms with van der Waals surface area (Å²) >= 11 is 0. The van der Waals surface area contributed by atoms with Crippen LogP contribution in [0.3, 0.4) is 0 Å². The molecule has 2 aromatic carbocycles. The van der Waals surface area contributed by atoms with E-state index in [9.17, 15) is 43.8 Å². The van der Waals surface area contributed by atoms with Crippen LogP contribution in [-0.2, 0) is 41.6 Å². The highest BCUT2D eigenvalue weighted by atomic mass is 16.4. The van der Waals surface area contributed by atoms with Crippen LogP contribution < -0.4 is 38.1 Å². The van der Waals surface area contributed by atoms with Gasteiger partial charge in [-0.25, -0.2) is 9.59 Å². The number of aromatic hydroxyl groups is 1. The van der Waals surface area contributed by atoms with Gasteiger partial charge in [0.25, 0.3) is 0 Å². The van der Waals surface area contributed by atoms with Crippen molar-refractivity contribution in [3.05, 3.63) is 65.7 Å². The maximum atomic E-state index is 14.4. The van der Waals surface area contributed by atoms with E-state index < -0.39 is 83.7 Å². The number of nitrogens with two attached hydrogens (primary N) is 2. The van der Waals surface area contributed by atoms with Gasteiger partial charge < -0.3 is 58.1 Å². The first-order valence-corrected chi connectivity index (χ1v) is 20.5. The Labute approximate surface area is 356 Å². The molecule has 1 aliphatic rings. The number of carboxylic acid groups (broad SMARTS) is 1. The van der Waals surface area contributed by atoms with Crippen LogP contribution in [0.25, 0.3) is 0 Å². The predicted octanol–water partition coefficient (Wildman–Crippen LogP) is 0.342. The largest absolute Gasteiger partial charge is 0.508 e. The zero-order valence-corrected chi connectivity index (χ0v) is 35.6. The van der Waals surface area contributed by atoms with Crippen molar-refractivity contribution in [1.29, 1.82) is 0 Å². The SMILES string of the molecule is CC(C)[C@@H]1NC(=O)[C@H](NC(=O)N[C@@H](CCCN=C(N)N)C(=O)O)CCCCNC(=O)[C@H](Cc2ccccc2)NC(=O)[C@H](C)N(C)C(=O)[C@H](CCc2ccc(O)cc2)N(C)C1=O. The molecule has 19 nitrogen and oxygen atoms in total. The zero-order valence-electron chi connectivity index (χ0n) is 35.6. The lowest BCUT2D eigenvalue weighted by Crippen LogP contribution is -2.60. The quantitative estimate of drug-likeness (QED) is 0.0753. The highest BCUT2D eigenvalue weighted by Gasteiger charge is 2.38. The molecule has 1 fully saturated rings. The Hall–Kier alpha value is -6.40. The van der Waals surface area contributed by atoms with E-state index in [1.54, 1.807) is 26.0 Å². The highest BCUT2D eigenvalue weighted by Crippen LogP contribution is 2.19. The lowest BCUT2D eigenvalue weighted by molar-refractivity contribution is -0.149. The first kappa shape index (κ1) is 49.0. The van der Waals surface area contributed by atoms with Gasteiger partial charge in [0.15, 0.2) is 5.96 Å². The van der Waals surface area contributed by atoms with Crippen LogP contribution in [0.5, 0.6) is 5.75 Å². The molecule has 1 heterocycles. The number of nitrogens with one attached hydrogen (secondary N) is 5. The molecule has 6 atom stereocenters. The third kappa shape index (κ3) is 15.6. The molecule has 0 aromatic heterocycles. The van der Waals surface area contributed by atoms with Gasteiger partial charge in [0, 0.05) is 33.6 Å².